The van der Waals surface area contributed by atoms with E-state index in [0.29, 0.717) is 31.3 Å². The van der Waals surface area contributed by atoms with Crippen LogP contribution >= 0.6 is 0 Å². The highest BCUT2D eigenvalue weighted by molar-refractivity contribution is 5.76. The van der Waals surface area contributed by atoms with Crippen LogP contribution in [0.2, 0.25) is 0 Å². The Morgan fingerprint density at radius 1 is 1.38 bits per heavy atom. The molecule has 0 amide bonds. The molecule has 1 atom stereocenters. The van der Waals surface area contributed by atoms with Crippen molar-refractivity contribution < 1.29 is 14.4 Å². The van der Waals surface area contributed by atoms with Gasteiger partial charge in [-0.25, -0.2) is 0 Å². The molecule has 6 nitrogen and oxygen atoms in total. The standard InChI is InChI=1S/C15H17N3O3/c1-10-3-5-11(6-4-10)12-16-14(21-17-12)18-8-7-15(2,9-18)13(19)20/h3-6H,7-9H2,1-2H3,(H,19,20). The fourth-order valence-electron chi connectivity index (χ4n) is 2.46. The number of carbonyl (C=O) groups is 1. The van der Waals surface area contributed by atoms with E-state index in [0.717, 1.165) is 5.56 Å². The van der Waals surface area contributed by atoms with E-state index in [4.69, 9.17) is 4.52 Å². The van der Waals surface area contributed by atoms with E-state index in [2.05, 4.69) is 10.1 Å². The number of rotatable bonds is 3. The molecule has 0 aliphatic carbocycles. The summed E-state index contributed by atoms with van der Waals surface area (Å²) in [4.78, 5) is 17.5. The third kappa shape index (κ3) is 2.49. The van der Waals surface area contributed by atoms with Crippen LogP contribution in [-0.4, -0.2) is 34.3 Å². The van der Waals surface area contributed by atoms with E-state index in [1.807, 2.05) is 36.1 Å². The molecule has 2 heterocycles. The summed E-state index contributed by atoms with van der Waals surface area (Å²) < 4.78 is 5.28. The fraction of sp³-hybridized carbons (Fsp3) is 0.400. The molecule has 0 saturated carbocycles. The molecule has 0 radical (unpaired) electrons. The summed E-state index contributed by atoms with van der Waals surface area (Å²) in [6, 6.07) is 8.24. The maximum absolute atomic E-state index is 11.3. The molecule has 21 heavy (non-hydrogen) atoms. The van der Waals surface area contributed by atoms with Gasteiger partial charge in [0.1, 0.15) is 0 Å². The van der Waals surface area contributed by atoms with Crippen LogP contribution in [0.4, 0.5) is 6.01 Å². The molecule has 3 rings (SSSR count). The van der Waals surface area contributed by atoms with E-state index in [-0.39, 0.29) is 0 Å². The maximum Gasteiger partial charge on any atom is 0.324 e. The summed E-state index contributed by atoms with van der Waals surface area (Å²) >= 11 is 0. The van der Waals surface area contributed by atoms with E-state index in [9.17, 15) is 9.90 Å². The van der Waals surface area contributed by atoms with Crippen molar-refractivity contribution in [3.8, 4) is 11.4 Å². The first kappa shape index (κ1) is 13.6. The molecule has 1 N–H and O–H groups in total. The Kier molecular flexibility index (Phi) is 3.16. The van der Waals surface area contributed by atoms with Gasteiger partial charge in [-0.3, -0.25) is 4.79 Å². The van der Waals surface area contributed by atoms with Crippen LogP contribution in [0.3, 0.4) is 0 Å². The summed E-state index contributed by atoms with van der Waals surface area (Å²) in [7, 11) is 0. The molecule has 1 fully saturated rings. The lowest BCUT2D eigenvalue weighted by Crippen LogP contribution is -2.31. The Morgan fingerprint density at radius 3 is 2.71 bits per heavy atom. The van der Waals surface area contributed by atoms with Crippen LogP contribution in [0.15, 0.2) is 28.8 Å². The van der Waals surface area contributed by atoms with Crippen molar-refractivity contribution in [2.75, 3.05) is 18.0 Å². The third-order valence-corrected chi connectivity index (χ3v) is 3.99. The van der Waals surface area contributed by atoms with Gasteiger partial charge in [-0.15, -0.1) is 0 Å². The second-order valence-corrected chi connectivity index (χ2v) is 5.80. The molecular formula is C15H17N3O3. The van der Waals surface area contributed by atoms with Crippen LogP contribution in [-0.2, 0) is 4.79 Å². The quantitative estimate of drug-likeness (QED) is 0.933. The number of carboxylic acids is 1. The van der Waals surface area contributed by atoms with Gasteiger partial charge in [0.2, 0.25) is 5.82 Å². The van der Waals surface area contributed by atoms with E-state index in [1.54, 1.807) is 6.92 Å². The number of nitrogens with zero attached hydrogens (tertiary/aromatic N) is 3. The number of aromatic nitrogens is 2. The molecule has 1 aliphatic heterocycles. The molecule has 0 spiro atoms. The molecule has 1 aliphatic rings. The van der Waals surface area contributed by atoms with Crippen LogP contribution < -0.4 is 4.90 Å². The zero-order valence-electron chi connectivity index (χ0n) is 12.0. The molecule has 1 saturated heterocycles. The third-order valence-electron chi connectivity index (χ3n) is 3.99. The van der Waals surface area contributed by atoms with Crippen LogP contribution in [0.1, 0.15) is 18.9 Å². The number of hydrogen-bond donors (Lipinski definition) is 1. The second-order valence-electron chi connectivity index (χ2n) is 5.80. The molecule has 0 bridgehead atoms. The van der Waals surface area contributed by atoms with Gasteiger partial charge in [-0.1, -0.05) is 35.0 Å². The Balaban J connectivity index is 1.80. The van der Waals surface area contributed by atoms with Gasteiger partial charge in [-0.2, -0.15) is 4.98 Å². The number of aryl methyl sites for hydroxylation is 1. The lowest BCUT2D eigenvalue weighted by atomic mass is 9.90. The largest absolute Gasteiger partial charge is 0.481 e. The van der Waals surface area contributed by atoms with Crippen molar-refractivity contribution in [2.24, 2.45) is 5.41 Å². The SMILES string of the molecule is Cc1ccc(-c2noc(N3CCC(C)(C(=O)O)C3)n2)cc1. The van der Waals surface area contributed by atoms with Crippen molar-refractivity contribution in [3.63, 3.8) is 0 Å². The predicted octanol–water partition coefficient (Wildman–Crippen LogP) is 2.35. The minimum Gasteiger partial charge on any atom is -0.481 e. The normalized spacial score (nSPS) is 21.7. The first-order valence-corrected chi connectivity index (χ1v) is 6.87. The second kappa shape index (κ2) is 4.87. The molecule has 1 unspecified atom stereocenters. The van der Waals surface area contributed by atoms with Crippen LogP contribution in [0, 0.1) is 12.3 Å². The highest BCUT2D eigenvalue weighted by Crippen LogP contribution is 2.33. The van der Waals surface area contributed by atoms with Gasteiger partial charge in [0.25, 0.3) is 0 Å². The predicted molar refractivity (Wildman–Crippen MR) is 77.0 cm³/mol. The van der Waals surface area contributed by atoms with Crippen molar-refractivity contribution in [1.29, 1.82) is 0 Å². The Bertz CT molecular complexity index is 665. The first-order valence-electron chi connectivity index (χ1n) is 6.87. The number of carboxylic acid groups (broad SMARTS) is 1. The van der Waals surface area contributed by atoms with Gasteiger partial charge >= 0.3 is 12.0 Å². The molecule has 1 aromatic carbocycles. The van der Waals surface area contributed by atoms with Crippen molar-refractivity contribution in [3.05, 3.63) is 29.8 Å². The average molecular weight is 287 g/mol. The van der Waals surface area contributed by atoms with Gasteiger partial charge in [0.15, 0.2) is 0 Å². The fourth-order valence-corrected chi connectivity index (χ4v) is 2.46. The minimum absolute atomic E-state index is 0.385. The lowest BCUT2D eigenvalue weighted by molar-refractivity contribution is -0.146. The zero-order valence-corrected chi connectivity index (χ0v) is 12.0. The van der Waals surface area contributed by atoms with Gasteiger partial charge < -0.3 is 14.5 Å². The Morgan fingerprint density at radius 2 is 2.10 bits per heavy atom. The molecule has 2 aromatic rings. The van der Waals surface area contributed by atoms with Crippen molar-refractivity contribution in [1.82, 2.24) is 10.1 Å². The topological polar surface area (TPSA) is 79.5 Å². The molecule has 1 aromatic heterocycles. The summed E-state index contributed by atoms with van der Waals surface area (Å²) in [5.41, 5.74) is 1.30. The summed E-state index contributed by atoms with van der Waals surface area (Å²) in [5.74, 6) is -0.266. The molecule has 6 heteroatoms. The summed E-state index contributed by atoms with van der Waals surface area (Å²) in [6.45, 7) is 4.76. The number of hydrogen-bond acceptors (Lipinski definition) is 5. The number of aliphatic carboxylic acids is 1. The minimum atomic E-state index is -0.789. The first-order chi connectivity index (χ1) is 9.98. The Hall–Kier alpha value is -2.37. The van der Waals surface area contributed by atoms with Gasteiger partial charge in [0, 0.05) is 18.7 Å². The highest BCUT2D eigenvalue weighted by Gasteiger charge is 2.42. The summed E-state index contributed by atoms with van der Waals surface area (Å²) in [6.07, 6.45) is 0.574. The monoisotopic (exact) mass is 287 g/mol. The molecule has 110 valence electrons. The van der Waals surface area contributed by atoms with Gasteiger partial charge in [-0.05, 0) is 20.3 Å². The van der Waals surface area contributed by atoms with E-state index < -0.39 is 11.4 Å². The van der Waals surface area contributed by atoms with E-state index in [1.165, 1.54) is 5.56 Å². The number of anilines is 1. The summed E-state index contributed by atoms with van der Waals surface area (Å²) in [5, 5.41) is 13.2. The number of benzene rings is 1. The highest BCUT2D eigenvalue weighted by atomic mass is 16.5. The smallest absolute Gasteiger partial charge is 0.324 e. The van der Waals surface area contributed by atoms with E-state index >= 15 is 0 Å². The van der Waals surface area contributed by atoms with Crippen molar-refractivity contribution in [2.45, 2.75) is 20.3 Å². The molecular weight excluding hydrogens is 270 g/mol. The average Bonchev–Trinajstić information content (AvgIpc) is 3.07. The van der Waals surface area contributed by atoms with Gasteiger partial charge in [0.05, 0.1) is 5.41 Å². The maximum atomic E-state index is 11.3. The lowest BCUT2D eigenvalue weighted by Gasteiger charge is -2.18. The Labute approximate surface area is 122 Å². The zero-order chi connectivity index (χ0) is 15.0. The van der Waals surface area contributed by atoms with Crippen LogP contribution in [0.25, 0.3) is 11.4 Å². The van der Waals surface area contributed by atoms with Crippen LogP contribution in [0.5, 0.6) is 0 Å². The van der Waals surface area contributed by atoms with Crippen molar-refractivity contribution >= 4 is 12.0 Å².